The van der Waals surface area contributed by atoms with Gasteiger partial charge in [0.25, 0.3) is 0 Å². The monoisotopic (exact) mass is 254 g/mol. The first-order valence-corrected chi connectivity index (χ1v) is 6.01. The van der Waals surface area contributed by atoms with Gasteiger partial charge in [0.05, 0.1) is 20.3 Å². The summed E-state index contributed by atoms with van der Waals surface area (Å²) in [4.78, 5) is 0. The molecule has 1 atom stereocenters. The molecule has 1 aromatic carbocycles. The molecule has 18 heavy (non-hydrogen) atoms. The van der Waals surface area contributed by atoms with E-state index >= 15 is 0 Å². The van der Waals surface area contributed by atoms with Crippen LogP contribution in [-0.2, 0) is 6.42 Å². The van der Waals surface area contributed by atoms with Gasteiger partial charge in [-0.15, -0.1) is 0 Å². The summed E-state index contributed by atoms with van der Waals surface area (Å²) >= 11 is 0. The first kappa shape index (κ1) is 14.8. The van der Waals surface area contributed by atoms with Crippen LogP contribution in [0.25, 0.3) is 0 Å². The van der Waals surface area contributed by atoms with Gasteiger partial charge in [-0.3, -0.25) is 0 Å². The molecule has 0 aliphatic carbocycles. The van der Waals surface area contributed by atoms with E-state index in [0.717, 1.165) is 30.0 Å². The van der Waals surface area contributed by atoms with Crippen molar-refractivity contribution >= 4 is 0 Å². The fourth-order valence-corrected chi connectivity index (χ4v) is 1.62. The lowest BCUT2D eigenvalue weighted by atomic mass is 10.1. The number of rotatable bonds is 8. The Labute approximate surface area is 108 Å². The second-order valence-electron chi connectivity index (χ2n) is 4.03. The van der Waals surface area contributed by atoms with Crippen molar-refractivity contribution in [2.45, 2.75) is 12.5 Å². The Hall–Kier alpha value is -1.30. The number of aliphatic hydroxyl groups is 1. The van der Waals surface area contributed by atoms with Gasteiger partial charge in [0.2, 0.25) is 0 Å². The van der Waals surface area contributed by atoms with E-state index in [9.17, 15) is 5.11 Å². The fourth-order valence-electron chi connectivity index (χ4n) is 1.62. The van der Waals surface area contributed by atoms with Gasteiger partial charge in [0, 0.05) is 13.1 Å². The predicted octanol–water partition coefficient (Wildman–Crippen LogP) is 0.156. The third-order valence-corrected chi connectivity index (χ3v) is 2.69. The van der Waals surface area contributed by atoms with Gasteiger partial charge in [-0.1, -0.05) is 6.07 Å². The van der Waals surface area contributed by atoms with Gasteiger partial charge < -0.3 is 25.6 Å². The van der Waals surface area contributed by atoms with Gasteiger partial charge in [-0.05, 0) is 30.7 Å². The number of aliphatic hydroxyl groups excluding tert-OH is 1. The number of benzene rings is 1. The van der Waals surface area contributed by atoms with Crippen LogP contribution in [0.3, 0.4) is 0 Å². The first-order valence-electron chi connectivity index (χ1n) is 6.01. The van der Waals surface area contributed by atoms with Crippen LogP contribution in [0.15, 0.2) is 18.2 Å². The molecule has 0 aliphatic rings. The lowest BCUT2D eigenvalue weighted by molar-refractivity contribution is 0.180. The van der Waals surface area contributed by atoms with E-state index in [1.54, 1.807) is 14.2 Å². The van der Waals surface area contributed by atoms with Gasteiger partial charge in [0.15, 0.2) is 11.5 Å². The smallest absolute Gasteiger partial charge is 0.160 e. The number of nitrogens with two attached hydrogens (primary N) is 1. The molecule has 1 rings (SSSR count). The Bertz CT molecular complexity index is 358. The number of hydrogen-bond acceptors (Lipinski definition) is 5. The summed E-state index contributed by atoms with van der Waals surface area (Å²) in [5, 5.41) is 12.4. The number of ether oxygens (including phenoxy) is 2. The summed E-state index contributed by atoms with van der Waals surface area (Å²) in [6, 6.07) is 5.85. The summed E-state index contributed by atoms with van der Waals surface area (Å²) in [5.41, 5.74) is 6.47. The van der Waals surface area contributed by atoms with E-state index in [2.05, 4.69) is 5.32 Å². The van der Waals surface area contributed by atoms with Gasteiger partial charge in [0.1, 0.15) is 0 Å². The summed E-state index contributed by atoms with van der Waals surface area (Å²) < 4.78 is 10.4. The standard InChI is InChI=1S/C13H22N2O3/c1-17-12-4-3-10(7-13(12)18-2)5-6-15-9-11(16)8-14/h3-4,7,11,15-16H,5-6,8-9,14H2,1-2H3. The number of nitrogens with one attached hydrogen (secondary N) is 1. The molecule has 0 saturated heterocycles. The number of methoxy groups -OCH3 is 2. The second-order valence-corrected chi connectivity index (χ2v) is 4.03. The van der Waals surface area contributed by atoms with E-state index < -0.39 is 6.10 Å². The van der Waals surface area contributed by atoms with Crippen molar-refractivity contribution in [1.29, 1.82) is 0 Å². The molecule has 5 heteroatoms. The molecule has 0 aliphatic heterocycles. The van der Waals surface area contributed by atoms with E-state index in [0.29, 0.717) is 6.54 Å². The van der Waals surface area contributed by atoms with E-state index in [4.69, 9.17) is 15.2 Å². The third kappa shape index (κ3) is 4.52. The molecule has 0 fully saturated rings. The zero-order chi connectivity index (χ0) is 13.4. The second kappa shape index (κ2) is 7.92. The van der Waals surface area contributed by atoms with Crippen molar-refractivity contribution in [3.8, 4) is 11.5 Å². The zero-order valence-electron chi connectivity index (χ0n) is 11.0. The van der Waals surface area contributed by atoms with E-state index in [-0.39, 0.29) is 6.54 Å². The van der Waals surface area contributed by atoms with Crippen molar-refractivity contribution in [3.05, 3.63) is 23.8 Å². The molecule has 0 amide bonds. The molecule has 0 bridgehead atoms. The average Bonchev–Trinajstić information content (AvgIpc) is 2.42. The van der Waals surface area contributed by atoms with Crippen LogP contribution in [0.2, 0.25) is 0 Å². The highest BCUT2D eigenvalue weighted by molar-refractivity contribution is 5.42. The highest BCUT2D eigenvalue weighted by Crippen LogP contribution is 2.27. The van der Waals surface area contributed by atoms with E-state index in [1.807, 2.05) is 18.2 Å². The van der Waals surface area contributed by atoms with Crippen LogP contribution in [0.4, 0.5) is 0 Å². The Kier molecular flexibility index (Phi) is 6.49. The van der Waals surface area contributed by atoms with E-state index in [1.165, 1.54) is 0 Å². The Morgan fingerprint density at radius 1 is 1.28 bits per heavy atom. The van der Waals surface area contributed by atoms with Gasteiger partial charge >= 0.3 is 0 Å². The summed E-state index contributed by atoms with van der Waals surface area (Å²) in [6.07, 6.45) is 0.382. The largest absolute Gasteiger partial charge is 0.493 e. The Morgan fingerprint density at radius 3 is 2.61 bits per heavy atom. The zero-order valence-corrected chi connectivity index (χ0v) is 11.0. The topological polar surface area (TPSA) is 76.7 Å². The lowest BCUT2D eigenvalue weighted by Crippen LogP contribution is -2.33. The Balaban J connectivity index is 2.43. The fraction of sp³-hybridized carbons (Fsp3) is 0.538. The first-order chi connectivity index (χ1) is 8.71. The van der Waals surface area contributed by atoms with Crippen LogP contribution < -0.4 is 20.5 Å². The molecular weight excluding hydrogens is 232 g/mol. The summed E-state index contributed by atoms with van der Waals surface area (Å²) in [7, 11) is 3.24. The Morgan fingerprint density at radius 2 is 2.00 bits per heavy atom. The maximum Gasteiger partial charge on any atom is 0.160 e. The molecule has 0 aromatic heterocycles. The van der Waals surface area contributed by atoms with Crippen LogP contribution >= 0.6 is 0 Å². The maximum atomic E-state index is 9.28. The minimum atomic E-state index is -0.476. The van der Waals surface area contributed by atoms with Crippen molar-refractivity contribution in [2.24, 2.45) is 5.73 Å². The third-order valence-electron chi connectivity index (χ3n) is 2.69. The van der Waals surface area contributed by atoms with Crippen molar-refractivity contribution in [2.75, 3.05) is 33.9 Å². The molecule has 5 nitrogen and oxygen atoms in total. The van der Waals surface area contributed by atoms with Gasteiger partial charge in [-0.25, -0.2) is 0 Å². The van der Waals surface area contributed by atoms with Crippen LogP contribution in [-0.4, -0.2) is 45.1 Å². The predicted molar refractivity (Wildman–Crippen MR) is 71.2 cm³/mol. The highest BCUT2D eigenvalue weighted by Gasteiger charge is 2.04. The maximum absolute atomic E-state index is 9.28. The number of hydrogen-bond donors (Lipinski definition) is 3. The van der Waals surface area contributed by atoms with Crippen LogP contribution in [0, 0.1) is 0 Å². The van der Waals surface area contributed by atoms with Crippen LogP contribution in [0.1, 0.15) is 5.56 Å². The highest BCUT2D eigenvalue weighted by atomic mass is 16.5. The summed E-state index contributed by atoms with van der Waals surface area (Å²) in [6.45, 7) is 1.58. The van der Waals surface area contributed by atoms with Crippen LogP contribution in [0.5, 0.6) is 11.5 Å². The molecule has 0 saturated carbocycles. The molecule has 1 unspecified atom stereocenters. The molecule has 4 N–H and O–H groups in total. The van der Waals surface area contributed by atoms with Crippen molar-refractivity contribution < 1.29 is 14.6 Å². The molecule has 0 heterocycles. The molecule has 0 spiro atoms. The van der Waals surface area contributed by atoms with Crippen molar-refractivity contribution in [3.63, 3.8) is 0 Å². The molecule has 1 aromatic rings. The molecule has 0 radical (unpaired) electrons. The minimum Gasteiger partial charge on any atom is -0.493 e. The molecule has 102 valence electrons. The molecular formula is C13H22N2O3. The van der Waals surface area contributed by atoms with Crippen molar-refractivity contribution in [1.82, 2.24) is 5.32 Å². The van der Waals surface area contributed by atoms with Gasteiger partial charge in [-0.2, -0.15) is 0 Å². The lowest BCUT2D eigenvalue weighted by Gasteiger charge is -2.11. The quantitative estimate of drug-likeness (QED) is 0.576. The average molecular weight is 254 g/mol. The minimum absolute atomic E-state index is 0.281. The normalized spacial score (nSPS) is 12.2. The SMILES string of the molecule is COc1ccc(CCNCC(O)CN)cc1OC. The summed E-state index contributed by atoms with van der Waals surface area (Å²) in [5.74, 6) is 1.46.